The Morgan fingerprint density at radius 1 is 1.03 bits per heavy atom. The van der Waals surface area contributed by atoms with E-state index in [-0.39, 0.29) is 18.9 Å². The predicted octanol–water partition coefficient (Wildman–Crippen LogP) is 5.05. The summed E-state index contributed by atoms with van der Waals surface area (Å²) in [6.07, 6.45) is 1.89. The van der Waals surface area contributed by atoms with Crippen molar-refractivity contribution < 1.29 is 28.9 Å². The number of carboxylic acids is 1. The zero-order chi connectivity index (χ0) is 25.7. The van der Waals surface area contributed by atoms with E-state index >= 15 is 0 Å². The van der Waals surface area contributed by atoms with Gasteiger partial charge >= 0.3 is 11.9 Å². The molecule has 4 rings (SSSR count). The van der Waals surface area contributed by atoms with Crippen LogP contribution in [0.4, 0.5) is 0 Å². The maximum Gasteiger partial charge on any atom is 0.306 e. The fourth-order valence-corrected chi connectivity index (χ4v) is 4.65. The maximum absolute atomic E-state index is 12.0. The van der Waals surface area contributed by atoms with Crippen molar-refractivity contribution in [3.63, 3.8) is 0 Å². The minimum Gasteiger partial charge on any atom is -0.497 e. The van der Waals surface area contributed by atoms with E-state index in [4.69, 9.17) is 24.4 Å². The molecule has 3 aromatic rings. The van der Waals surface area contributed by atoms with Gasteiger partial charge in [-0.1, -0.05) is 29.8 Å². The number of hydrogen-bond donors (Lipinski definition) is 1. The van der Waals surface area contributed by atoms with Crippen molar-refractivity contribution in [1.29, 1.82) is 0 Å². The van der Waals surface area contributed by atoms with Gasteiger partial charge in [-0.05, 0) is 62.9 Å². The lowest BCUT2D eigenvalue weighted by Crippen LogP contribution is -2.37. The quantitative estimate of drug-likeness (QED) is 0.417. The summed E-state index contributed by atoms with van der Waals surface area (Å²) < 4.78 is 18.8. The molecule has 8 heteroatoms. The fraction of sp³-hybridized carbons (Fsp3) is 0.393. The smallest absolute Gasteiger partial charge is 0.306 e. The van der Waals surface area contributed by atoms with Crippen molar-refractivity contribution in [1.82, 2.24) is 9.78 Å². The minimum absolute atomic E-state index is 0.118. The first-order valence-electron chi connectivity index (χ1n) is 12.1. The van der Waals surface area contributed by atoms with E-state index in [0.717, 1.165) is 28.4 Å². The Labute approximate surface area is 210 Å². The van der Waals surface area contributed by atoms with Crippen LogP contribution in [0.15, 0.2) is 54.6 Å². The number of hydrogen-bond acceptors (Lipinski definition) is 6. The average molecular weight is 493 g/mol. The molecule has 0 saturated heterocycles. The number of nitrogens with zero attached hydrogens (tertiary/aromatic N) is 2. The van der Waals surface area contributed by atoms with Gasteiger partial charge in [0.25, 0.3) is 0 Å². The Kier molecular flexibility index (Phi) is 7.74. The number of methoxy groups -OCH3 is 2. The number of benzene rings is 2. The van der Waals surface area contributed by atoms with Crippen LogP contribution in [0.3, 0.4) is 0 Å². The second-order valence-corrected chi connectivity index (χ2v) is 9.17. The van der Waals surface area contributed by atoms with E-state index in [1.54, 1.807) is 14.2 Å². The van der Waals surface area contributed by atoms with Crippen LogP contribution in [-0.2, 0) is 24.7 Å². The molecule has 1 heterocycles. The Morgan fingerprint density at radius 3 is 2.28 bits per heavy atom. The Balaban J connectivity index is 1.61. The Bertz CT molecular complexity index is 1190. The predicted molar refractivity (Wildman–Crippen MR) is 134 cm³/mol. The molecular weight excluding hydrogens is 460 g/mol. The second kappa shape index (κ2) is 11.0. The highest BCUT2D eigenvalue weighted by Gasteiger charge is 2.41. The maximum atomic E-state index is 12.0. The van der Waals surface area contributed by atoms with Crippen LogP contribution in [0.2, 0.25) is 0 Å². The molecule has 1 aromatic heterocycles. The number of rotatable bonds is 9. The molecule has 190 valence electrons. The first-order valence-corrected chi connectivity index (χ1v) is 12.1. The summed E-state index contributed by atoms with van der Waals surface area (Å²) >= 11 is 0. The summed E-state index contributed by atoms with van der Waals surface area (Å²) in [5.41, 5.74) is 4.30. The van der Waals surface area contributed by atoms with Crippen LogP contribution in [-0.4, -0.2) is 47.1 Å². The van der Waals surface area contributed by atoms with Gasteiger partial charge in [0.2, 0.25) is 0 Å². The third kappa shape index (κ3) is 5.60. The van der Waals surface area contributed by atoms with Gasteiger partial charge in [0, 0.05) is 12.7 Å². The topological polar surface area (TPSA) is 99.9 Å². The van der Waals surface area contributed by atoms with E-state index in [1.807, 2.05) is 28.9 Å². The van der Waals surface area contributed by atoms with Crippen LogP contribution < -0.4 is 4.74 Å². The minimum atomic E-state index is -1.01. The normalized spacial score (nSPS) is 19.6. The van der Waals surface area contributed by atoms with Gasteiger partial charge in [0.05, 0.1) is 37.0 Å². The van der Waals surface area contributed by atoms with Crippen LogP contribution in [0, 0.1) is 6.92 Å². The van der Waals surface area contributed by atoms with Crippen LogP contribution >= 0.6 is 0 Å². The summed E-state index contributed by atoms with van der Waals surface area (Å²) in [6, 6.07) is 18.2. The molecule has 1 fully saturated rings. The SMILES string of the molecule is COc1ccc(-n2nc(C3(OC)CCC(OC(=O)CCC(=O)O)CC3)cc2-c2ccc(C)cc2)cc1. The summed E-state index contributed by atoms with van der Waals surface area (Å²) in [7, 11) is 3.33. The molecule has 0 atom stereocenters. The third-order valence-corrected chi connectivity index (χ3v) is 6.81. The highest BCUT2D eigenvalue weighted by Crippen LogP contribution is 2.42. The number of carbonyl (C=O) groups is 2. The van der Waals surface area contributed by atoms with E-state index < -0.39 is 17.5 Å². The average Bonchev–Trinajstić information content (AvgIpc) is 3.34. The lowest BCUT2D eigenvalue weighted by molar-refractivity contribution is -0.157. The number of aromatic nitrogens is 2. The number of aryl methyl sites for hydroxylation is 1. The van der Waals surface area contributed by atoms with Crippen molar-refractivity contribution in [2.75, 3.05) is 14.2 Å². The molecule has 0 bridgehead atoms. The third-order valence-electron chi connectivity index (χ3n) is 6.81. The van der Waals surface area contributed by atoms with Crippen LogP contribution in [0.5, 0.6) is 5.75 Å². The number of ether oxygens (including phenoxy) is 3. The van der Waals surface area contributed by atoms with Gasteiger partial charge in [0.1, 0.15) is 17.5 Å². The van der Waals surface area contributed by atoms with Crippen molar-refractivity contribution in [3.05, 3.63) is 65.9 Å². The summed E-state index contributed by atoms with van der Waals surface area (Å²) in [4.78, 5) is 22.7. The summed E-state index contributed by atoms with van der Waals surface area (Å²) in [5.74, 6) is -0.712. The number of aliphatic carboxylic acids is 1. The molecule has 0 spiro atoms. The standard InChI is InChI=1S/C28H32N2O6/c1-19-4-6-20(7-5-19)24-18-25(29-30(24)21-8-10-22(34-2)11-9-21)28(35-3)16-14-23(15-17-28)36-27(33)13-12-26(31)32/h4-11,18,23H,12-17H2,1-3H3,(H,31,32). The van der Waals surface area contributed by atoms with Gasteiger partial charge in [-0.25, -0.2) is 4.68 Å². The summed E-state index contributed by atoms with van der Waals surface area (Å²) in [5, 5.41) is 13.8. The van der Waals surface area contributed by atoms with Crippen LogP contribution in [0.1, 0.15) is 49.8 Å². The fourth-order valence-electron chi connectivity index (χ4n) is 4.65. The molecule has 1 saturated carbocycles. The molecule has 1 N–H and O–H groups in total. The van der Waals surface area contributed by atoms with Gasteiger partial charge in [0.15, 0.2) is 0 Å². The lowest BCUT2D eigenvalue weighted by atomic mass is 9.80. The largest absolute Gasteiger partial charge is 0.497 e. The molecule has 1 aliphatic rings. The molecule has 0 amide bonds. The molecule has 0 aliphatic heterocycles. The number of esters is 1. The lowest BCUT2D eigenvalue weighted by Gasteiger charge is -2.37. The van der Waals surface area contributed by atoms with Gasteiger partial charge in [-0.2, -0.15) is 5.10 Å². The molecule has 8 nitrogen and oxygen atoms in total. The summed E-state index contributed by atoms with van der Waals surface area (Å²) in [6.45, 7) is 2.06. The van der Waals surface area contributed by atoms with E-state index in [9.17, 15) is 9.59 Å². The molecular formula is C28H32N2O6. The first-order chi connectivity index (χ1) is 17.3. The number of carbonyl (C=O) groups excluding carboxylic acids is 1. The second-order valence-electron chi connectivity index (χ2n) is 9.17. The molecule has 2 aromatic carbocycles. The van der Waals surface area contributed by atoms with Crippen molar-refractivity contribution in [2.45, 2.75) is 57.2 Å². The van der Waals surface area contributed by atoms with E-state index in [2.05, 4.69) is 37.3 Å². The highest BCUT2D eigenvalue weighted by atomic mass is 16.5. The highest BCUT2D eigenvalue weighted by molar-refractivity contribution is 5.76. The number of carboxylic acid groups (broad SMARTS) is 1. The van der Waals surface area contributed by atoms with Crippen LogP contribution in [0.25, 0.3) is 16.9 Å². The molecule has 36 heavy (non-hydrogen) atoms. The van der Waals surface area contributed by atoms with Gasteiger partial charge in [-0.3, -0.25) is 9.59 Å². The Morgan fingerprint density at radius 2 is 1.69 bits per heavy atom. The van der Waals surface area contributed by atoms with Crippen molar-refractivity contribution in [2.24, 2.45) is 0 Å². The van der Waals surface area contributed by atoms with E-state index in [1.165, 1.54) is 5.56 Å². The monoisotopic (exact) mass is 492 g/mol. The Hall–Kier alpha value is -3.65. The zero-order valence-corrected chi connectivity index (χ0v) is 20.9. The van der Waals surface area contributed by atoms with Crippen molar-refractivity contribution in [3.8, 4) is 22.7 Å². The van der Waals surface area contributed by atoms with Gasteiger partial charge < -0.3 is 19.3 Å². The zero-order valence-electron chi connectivity index (χ0n) is 20.9. The molecule has 1 aliphatic carbocycles. The van der Waals surface area contributed by atoms with Gasteiger partial charge in [-0.15, -0.1) is 0 Å². The molecule has 0 radical (unpaired) electrons. The van der Waals surface area contributed by atoms with E-state index in [0.29, 0.717) is 25.7 Å². The van der Waals surface area contributed by atoms with Crippen molar-refractivity contribution >= 4 is 11.9 Å². The molecule has 0 unspecified atom stereocenters. The first kappa shape index (κ1) is 25.4.